The molecule has 116 valence electrons. The number of fused-ring (bicyclic) bond motifs is 1. The number of hydrogen-bond acceptors (Lipinski definition) is 4. The zero-order chi connectivity index (χ0) is 15.9. The van der Waals surface area contributed by atoms with Gasteiger partial charge < -0.3 is 14.6 Å². The molecule has 2 aromatic heterocycles. The van der Waals surface area contributed by atoms with E-state index in [0.717, 1.165) is 31.6 Å². The number of aryl methyl sites for hydroxylation is 1. The summed E-state index contributed by atoms with van der Waals surface area (Å²) in [5.41, 5.74) is 2.34. The van der Waals surface area contributed by atoms with Gasteiger partial charge in [-0.2, -0.15) is 0 Å². The molecule has 2 aromatic rings. The predicted molar refractivity (Wildman–Crippen MR) is 79.7 cm³/mol. The summed E-state index contributed by atoms with van der Waals surface area (Å²) in [7, 11) is 1.92. The second-order valence-electron chi connectivity index (χ2n) is 5.68. The molecule has 0 atom stereocenters. The summed E-state index contributed by atoms with van der Waals surface area (Å²) < 4.78 is 1.97. The highest BCUT2D eigenvalue weighted by molar-refractivity contribution is 5.87. The molecule has 1 aliphatic rings. The normalized spacial score (nSPS) is 16.2. The van der Waals surface area contributed by atoms with Crippen LogP contribution in [0.1, 0.15) is 41.9 Å². The van der Waals surface area contributed by atoms with Crippen LogP contribution in [-0.4, -0.2) is 49.5 Å². The Kier molecular flexibility index (Phi) is 3.56. The monoisotopic (exact) mass is 302 g/mol. The number of likely N-dealkylation sites (tertiary alicyclic amines) is 1. The molecule has 3 rings (SSSR count). The number of carboxylic acids is 1. The van der Waals surface area contributed by atoms with Gasteiger partial charge in [-0.15, -0.1) is 0 Å². The molecule has 1 N–H and O–H groups in total. The van der Waals surface area contributed by atoms with Gasteiger partial charge in [0.25, 0.3) is 0 Å². The Hall–Kier alpha value is -2.44. The summed E-state index contributed by atoms with van der Waals surface area (Å²) in [6.45, 7) is 3.10. The third kappa shape index (κ3) is 2.43. The number of piperidine rings is 1. The van der Waals surface area contributed by atoms with E-state index < -0.39 is 5.97 Å². The number of carbonyl (C=O) groups excluding carboxylic acids is 1. The number of carboxylic acid groups (broad SMARTS) is 1. The van der Waals surface area contributed by atoms with Crippen molar-refractivity contribution in [2.75, 3.05) is 13.1 Å². The first-order valence-corrected chi connectivity index (χ1v) is 7.28. The van der Waals surface area contributed by atoms with E-state index in [0.29, 0.717) is 17.1 Å². The van der Waals surface area contributed by atoms with E-state index in [1.807, 2.05) is 22.6 Å². The molecule has 7 heteroatoms. The molecule has 0 bridgehead atoms. The quantitative estimate of drug-likeness (QED) is 0.905. The molecule has 0 spiro atoms. The van der Waals surface area contributed by atoms with Crippen molar-refractivity contribution in [3.63, 3.8) is 0 Å². The Morgan fingerprint density at radius 3 is 2.59 bits per heavy atom. The maximum atomic E-state index is 11.4. The van der Waals surface area contributed by atoms with Gasteiger partial charge in [0.05, 0.1) is 6.20 Å². The van der Waals surface area contributed by atoms with Crippen LogP contribution in [0.25, 0.3) is 11.2 Å². The smallest absolute Gasteiger partial charge is 0.356 e. The molecule has 22 heavy (non-hydrogen) atoms. The fourth-order valence-electron chi connectivity index (χ4n) is 3.10. The van der Waals surface area contributed by atoms with Crippen LogP contribution in [0, 0.1) is 0 Å². The van der Waals surface area contributed by atoms with Crippen LogP contribution in [0.3, 0.4) is 0 Å². The third-order valence-electron chi connectivity index (χ3n) is 4.35. The largest absolute Gasteiger partial charge is 0.476 e. The highest BCUT2D eigenvalue weighted by atomic mass is 16.4. The molecule has 1 fully saturated rings. The minimum atomic E-state index is -1.07. The van der Waals surface area contributed by atoms with Crippen LogP contribution in [0.15, 0.2) is 12.3 Å². The molecule has 7 nitrogen and oxygen atoms in total. The van der Waals surface area contributed by atoms with E-state index in [1.54, 1.807) is 6.92 Å². The lowest BCUT2D eigenvalue weighted by Crippen LogP contribution is -2.36. The molecule has 1 aliphatic heterocycles. The van der Waals surface area contributed by atoms with E-state index in [-0.39, 0.29) is 11.6 Å². The van der Waals surface area contributed by atoms with Gasteiger partial charge in [0.15, 0.2) is 11.3 Å². The van der Waals surface area contributed by atoms with Gasteiger partial charge >= 0.3 is 5.97 Å². The van der Waals surface area contributed by atoms with E-state index in [4.69, 9.17) is 5.11 Å². The maximum Gasteiger partial charge on any atom is 0.356 e. The Morgan fingerprint density at radius 2 is 2.00 bits per heavy atom. The van der Waals surface area contributed by atoms with Gasteiger partial charge in [-0.3, -0.25) is 4.79 Å². The molecule has 0 unspecified atom stereocenters. The van der Waals surface area contributed by atoms with E-state index in [9.17, 15) is 9.59 Å². The van der Waals surface area contributed by atoms with Crippen molar-refractivity contribution >= 4 is 23.0 Å². The van der Waals surface area contributed by atoms with Gasteiger partial charge in [0.2, 0.25) is 5.91 Å². The molecule has 1 amide bonds. The molecule has 3 heterocycles. The molecule has 1 saturated heterocycles. The minimum Gasteiger partial charge on any atom is -0.476 e. The number of carbonyl (C=O) groups is 2. The van der Waals surface area contributed by atoms with Crippen LogP contribution in [-0.2, 0) is 11.8 Å². The van der Waals surface area contributed by atoms with E-state index in [1.165, 1.54) is 6.20 Å². The standard InChI is InChI=1S/C15H18N4O3/c1-9(20)19-5-3-10(4-6-19)13-7-11-14(18(13)2)16-8-12(17-11)15(21)22/h7-8,10H,3-6H2,1-2H3,(H,21,22). The van der Waals surface area contributed by atoms with Gasteiger partial charge in [0.1, 0.15) is 5.52 Å². The molecular weight excluding hydrogens is 284 g/mol. The Morgan fingerprint density at radius 1 is 1.32 bits per heavy atom. The highest BCUT2D eigenvalue weighted by Gasteiger charge is 2.25. The van der Waals surface area contributed by atoms with Crippen molar-refractivity contribution in [2.45, 2.75) is 25.7 Å². The van der Waals surface area contributed by atoms with E-state index in [2.05, 4.69) is 9.97 Å². The van der Waals surface area contributed by atoms with Crippen molar-refractivity contribution in [3.8, 4) is 0 Å². The number of nitrogens with zero attached hydrogens (tertiary/aromatic N) is 4. The fraction of sp³-hybridized carbons (Fsp3) is 0.467. The number of aromatic carboxylic acids is 1. The van der Waals surface area contributed by atoms with Crippen LogP contribution < -0.4 is 0 Å². The zero-order valence-electron chi connectivity index (χ0n) is 12.6. The number of aromatic nitrogens is 3. The SMILES string of the molecule is CC(=O)N1CCC(c2cc3nc(C(=O)O)cnc3n2C)CC1. The maximum absolute atomic E-state index is 11.4. The van der Waals surface area contributed by atoms with Crippen LogP contribution >= 0.6 is 0 Å². The minimum absolute atomic E-state index is 0.0453. The highest BCUT2D eigenvalue weighted by Crippen LogP contribution is 2.30. The summed E-state index contributed by atoms with van der Waals surface area (Å²) in [6, 6.07) is 1.92. The van der Waals surface area contributed by atoms with E-state index >= 15 is 0 Å². The number of rotatable bonds is 2. The molecule has 0 saturated carbocycles. The summed E-state index contributed by atoms with van der Waals surface area (Å²) in [5, 5.41) is 9.00. The van der Waals surface area contributed by atoms with Gasteiger partial charge in [-0.25, -0.2) is 14.8 Å². The first kappa shape index (κ1) is 14.5. The molecule has 0 aliphatic carbocycles. The topological polar surface area (TPSA) is 88.3 Å². The first-order valence-electron chi connectivity index (χ1n) is 7.28. The predicted octanol–water partition coefficient (Wildman–Crippen LogP) is 1.39. The first-order chi connectivity index (χ1) is 10.5. The van der Waals surface area contributed by atoms with Gasteiger partial charge in [-0.1, -0.05) is 0 Å². The van der Waals surface area contributed by atoms with Crippen molar-refractivity contribution in [2.24, 2.45) is 7.05 Å². The lowest BCUT2D eigenvalue weighted by atomic mass is 9.93. The second kappa shape index (κ2) is 5.40. The third-order valence-corrected chi connectivity index (χ3v) is 4.35. The summed E-state index contributed by atoms with van der Waals surface area (Å²) >= 11 is 0. The number of amides is 1. The summed E-state index contributed by atoms with van der Waals surface area (Å²) in [4.78, 5) is 32.6. The second-order valence-corrected chi connectivity index (χ2v) is 5.68. The van der Waals surface area contributed by atoms with Crippen molar-refractivity contribution < 1.29 is 14.7 Å². The van der Waals surface area contributed by atoms with Crippen molar-refractivity contribution in [1.29, 1.82) is 0 Å². The molecule has 0 radical (unpaired) electrons. The lowest BCUT2D eigenvalue weighted by molar-refractivity contribution is -0.129. The Labute approximate surface area is 127 Å². The van der Waals surface area contributed by atoms with Crippen LogP contribution in [0.4, 0.5) is 0 Å². The zero-order valence-corrected chi connectivity index (χ0v) is 12.6. The lowest BCUT2D eigenvalue weighted by Gasteiger charge is -2.31. The van der Waals surface area contributed by atoms with Gasteiger partial charge in [-0.05, 0) is 18.9 Å². The van der Waals surface area contributed by atoms with Crippen LogP contribution in [0.5, 0.6) is 0 Å². The number of hydrogen-bond donors (Lipinski definition) is 1. The average Bonchev–Trinajstić information content (AvgIpc) is 2.84. The van der Waals surface area contributed by atoms with Crippen molar-refractivity contribution in [1.82, 2.24) is 19.4 Å². The molecule has 0 aromatic carbocycles. The van der Waals surface area contributed by atoms with Crippen molar-refractivity contribution in [3.05, 3.63) is 23.7 Å². The Bertz CT molecular complexity index is 745. The fourth-order valence-corrected chi connectivity index (χ4v) is 3.10. The Balaban J connectivity index is 1.90. The summed E-state index contributed by atoms with van der Waals surface area (Å²) in [6.07, 6.45) is 3.08. The van der Waals surface area contributed by atoms with Crippen LogP contribution in [0.2, 0.25) is 0 Å². The van der Waals surface area contributed by atoms with Gasteiger partial charge in [0, 0.05) is 38.7 Å². The molecular formula is C15H18N4O3. The average molecular weight is 302 g/mol. The summed E-state index contributed by atoms with van der Waals surface area (Å²) in [5.74, 6) is -0.621.